The Labute approximate surface area is 195 Å². The maximum atomic E-state index is 13.2. The first-order valence-electron chi connectivity index (χ1n) is 10.8. The summed E-state index contributed by atoms with van der Waals surface area (Å²) in [6, 6.07) is 2.54. The van der Waals surface area contributed by atoms with Crippen LogP contribution in [0.1, 0.15) is 51.3 Å². The van der Waals surface area contributed by atoms with Crippen LogP contribution in [0.15, 0.2) is 40.8 Å². The van der Waals surface area contributed by atoms with Gasteiger partial charge in [-0.25, -0.2) is 9.78 Å². The van der Waals surface area contributed by atoms with E-state index < -0.39 is 23.7 Å². The number of Topliss-reactive ketones (excluding diaryl/α,β-unsaturated/α-hetero) is 1. The summed E-state index contributed by atoms with van der Waals surface area (Å²) < 4.78 is 12.5. The Kier molecular flexibility index (Phi) is 6.14. The number of amides is 1. The third kappa shape index (κ3) is 3.91. The lowest BCUT2D eigenvalue weighted by Crippen LogP contribution is -2.31. The minimum Gasteiger partial charge on any atom is -0.507 e. The number of aromatic nitrogens is 3. The topological polar surface area (TPSA) is 131 Å². The second kappa shape index (κ2) is 9.05. The number of hydrogen-bond donors (Lipinski definition) is 2. The molecule has 1 fully saturated rings. The zero-order chi connectivity index (χ0) is 24.6. The highest BCUT2D eigenvalue weighted by Crippen LogP contribution is 2.41. The van der Waals surface area contributed by atoms with Gasteiger partial charge in [0.15, 0.2) is 0 Å². The molecule has 3 aromatic heterocycles. The average Bonchev–Trinajstić information content (AvgIpc) is 3.58. The van der Waals surface area contributed by atoms with E-state index in [0.717, 1.165) is 0 Å². The van der Waals surface area contributed by atoms with Crippen molar-refractivity contribution in [3.8, 4) is 0 Å². The first kappa shape index (κ1) is 23.1. The van der Waals surface area contributed by atoms with Gasteiger partial charge in [0.25, 0.3) is 11.7 Å². The molecule has 1 aliphatic rings. The molecule has 178 valence electrons. The molecule has 0 spiro atoms. The summed E-state index contributed by atoms with van der Waals surface area (Å²) in [6.07, 6.45) is 5.73. The van der Waals surface area contributed by atoms with Crippen LogP contribution >= 0.6 is 0 Å². The van der Waals surface area contributed by atoms with Crippen molar-refractivity contribution in [2.75, 3.05) is 13.7 Å². The number of aliphatic hydroxyl groups excluding tert-OH is 1. The molecule has 2 N–H and O–H groups in total. The van der Waals surface area contributed by atoms with E-state index in [1.165, 1.54) is 12.0 Å². The highest BCUT2D eigenvalue weighted by Gasteiger charge is 2.47. The van der Waals surface area contributed by atoms with Gasteiger partial charge in [0.2, 0.25) is 0 Å². The summed E-state index contributed by atoms with van der Waals surface area (Å²) in [5, 5.41) is 11.3. The lowest BCUT2D eigenvalue weighted by Gasteiger charge is -2.23. The van der Waals surface area contributed by atoms with Crippen LogP contribution < -0.4 is 0 Å². The van der Waals surface area contributed by atoms with Crippen LogP contribution in [-0.4, -0.2) is 55.9 Å². The van der Waals surface area contributed by atoms with Gasteiger partial charge in [-0.15, -0.1) is 0 Å². The number of aryl methyl sites for hydroxylation is 3. The van der Waals surface area contributed by atoms with Crippen LogP contribution in [0.4, 0.5) is 0 Å². The van der Waals surface area contributed by atoms with Crippen LogP contribution in [0, 0.1) is 20.8 Å². The molecule has 4 rings (SSSR count). The molecule has 1 amide bonds. The van der Waals surface area contributed by atoms with Crippen LogP contribution in [0.3, 0.4) is 0 Å². The van der Waals surface area contributed by atoms with Crippen molar-refractivity contribution in [3.63, 3.8) is 0 Å². The Bertz CT molecular complexity index is 1280. The van der Waals surface area contributed by atoms with Gasteiger partial charge in [0, 0.05) is 36.7 Å². The number of carbonyl (C=O) groups excluding carboxylic acids is 3. The Hall–Kier alpha value is -4.08. The van der Waals surface area contributed by atoms with Crippen molar-refractivity contribution >= 4 is 23.4 Å². The molecule has 0 aromatic carbocycles. The number of nitrogens with one attached hydrogen (secondary N) is 1. The number of imidazole rings is 1. The van der Waals surface area contributed by atoms with Crippen molar-refractivity contribution in [2.24, 2.45) is 0 Å². The zero-order valence-corrected chi connectivity index (χ0v) is 19.4. The molecule has 34 heavy (non-hydrogen) atoms. The molecule has 0 aliphatic carbocycles. The van der Waals surface area contributed by atoms with E-state index >= 15 is 0 Å². The number of esters is 1. The quantitative estimate of drug-likeness (QED) is 0.237. The van der Waals surface area contributed by atoms with Crippen molar-refractivity contribution in [3.05, 3.63) is 70.5 Å². The minimum atomic E-state index is -0.897. The number of methoxy groups -OCH3 is 1. The van der Waals surface area contributed by atoms with Crippen molar-refractivity contribution < 1.29 is 28.6 Å². The Balaban J connectivity index is 1.78. The zero-order valence-electron chi connectivity index (χ0n) is 19.4. The summed E-state index contributed by atoms with van der Waals surface area (Å²) in [7, 11) is 1.26. The van der Waals surface area contributed by atoms with E-state index in [4.69, 9.17) is 9.15 Å². The SMILES string of the molecule is COC(=O)c1[nH]c(C)c(/C(O)=C2\C(=O)C(=O)N(CCCn3ccnc3)[C@@H]2c2ccc(C)o2)c1C. The number of likely N-dealkylation sites (tertiary alicyclic amines) is 1. The standard InChI is InChI=1S/C24H26N4O6/c1-13-6-7-16(34-13)20-18(21(29)17-14(2)19(24(32)33-4)26-15(17)3)22(30)23(31)28(20)10-5-9-27-11-8-25-12-27/h6-8,11-12,20,26,29H,5,9-10H2,1-4H3/b21-18+/t20-/m1/s1. The molecule has 1 saturated heterocycles. The maximum Gasteiger partial charge on any atom is 0.354 e. The molecular weight excluding hydrogens is 440 g/mol. The summed E-state index contributed by atoms with van der Waals surface area (Å²) in [5.41, 5.74) is 1.26. The summed E-state index contributed by atoms with van der Waals surface area (Å²) in [5.74, 6) is -1.50. The number of H-pyrrole nitrogens is 1. The van der Waals surface area contributed by atoms with Gasteiger partial charge >= 0.3 is 5.97 Å². The first-order valence-corrected chi connectivity index (χ1v) is 10.8. The molecule has 0 saturated carbocycles. The number of furan rings is 1. The van der Waals surface area contributed by atoms with Crippen molar-refractivity contribution in [2.45, 2.75) is 39.8 Å². The smallest absolute Gasteiger partial charge is 0.354 e. The van der Waals surface area contributed by atoms with E-state index in [0.29, 0.717) is 35.7 Å². The fourth-order valence-corrected chi connectivity index (χ4v) is 4.40. The third-order valence-electron chi connectivity index (χ3n) is 6.01. The highest BCUT2D eigenvalue weighted by atomic mass is 16.5. The monoisotopic (exact) mass is 466 g/mol. The normalized spacial score (nSPS) is 17.5. The van der Waals surface area contributed by atoms with Crippen LogP contribution in [0.2, 0.25) is 0 Å². The number of aromatic amines is 1. The number of hydrogen-bond acceptors (Lipinski definition) is 7. The van der Waals surface area contributed by atoms with E-state index in [1.807, 2.05) is 10.8 Å². The van der Waals surface area contributed by atoms with Gasteiger partial charge in [-0.05, 0) is 44.9 Å². The predicted octanol–water partition coefficient (Wildman–Crippen LogP) is 3.03. The number of ketones is 1. The molecule has 1 aliphatic heterocycles. The van der Waals surface area contributed by atoms with E-state index in [1.54, 1.807) is 45.4 Å². The van der Waals surface area contributed by atoms with E-state index in [2.05, 4.69) is 9.97 Å². The molecule has 0 unspecified atom stereocenters. The Morgan fingerprint density at radius 3 is 2.62 bits per heavy atom. The van der Waals surface area contributed by atoms with Gasteiger partial charge in [-0.2, -0.15) is 0 Å². The minimum absolute atomic E-state index is 0.0800. The highest BCUT2D eigenvalue weighted by molar-refractivity contribution is 6.46. The number of nitrogens with zero attached hydrogens (tertiary/aromatic N) is 3. The predicted molar refractivity (Wildman–Crippen MR) is 121 cm³/mol. The first-order chi connectivity index (χ1) is 16.2. The molecule has 0 bridgehead atoms. The van der Waals surface area contributed by atoms with Crippen LogP contribution in [0.5, 0.6) is 0 Å². The van der Waals surface area contributed by atoms with Gasteiger partial charge in [-0.1, -0.05) is 0 Å². The maximum absolute atomic E-state index is 13.2. The van der Waals surface area contributed by atoms with Gasteiger partial charge in [0.05, 0.1) is 19.0 Å². The van der Waals surface area contributed by atoms with Gasteiger partial charge in [-0.3, -0.25) is 9.59 Å². The van der Waals surface area contributed by atoms with Gasteiger partial charge < -0.3 is 28.7 Å². The number of aliphatic hydroxyl groups is 1. The number of ether oxygens (including phenoxy) is 1. The van der Waals surface area contributed by atoms with Gasteiger partial charge in [0.1, 0.15) is 29.0 Å². The lowest BCUT2D eigenvalue weighted by molar-refractivity contribution is -0.140. The van der Waals surface area contributed by atoms with E-state index in [9.17, 15) is 19.5 Å². The molecule has 1 atom stereocenters. The second-order valence-corrected chi connectivity index (χ2v) is 8.21. The fraction of sp³-hybridized carbons (Fsp3) is 0.333. The summed E-state index contributed by atoms with van der Waals surface area (Å²) in [4.78, 5) is 46.7. The average molecular weight is 466 g/mol. The molecule has 3 aromatic rings. The molecule has 10 heteroatoms. The molecule has 10 nitrogen and oxygen atoms in total. The Morgan fingerprint density at radius 1 is 1.24 bits per heavy atom. The Morgan fingerprint density at radius 2 is 2.00 bits per heavy atom. The van der Waals surface area contributed by atoms with Crippen LogP contribution in [0.25, 0.3) is 5.76 Å². The number of carbonyl (C=O) groups is 3. The van der Waals surface area contributed by atoms with Crippen molar-refractivity contribution in [1.29, 1.82) is 0 Å². The summed E-state index contributed by atoms with van der Waals surface area (Å²) in [6.45, 7) is 5.94. The molecule has 4 heterocycles. The lowest BCUT2D eigenvalue weighted by atomic mass is 9.97. The largest absolute Gasteiger partial charge is 0.507 e. The third-order valence-corrected chi connectivity index (χ3v) is 6.01. The second-order valence-electron chi connectivity index (χ2n) is 8.21. The van der Waals surface area contributed by atoms with Crippen molar-refractivity contribution in [1.82, 2.24) is 19.4 Å². The van der Waals surface area contributed by atoms with E-state index in [-0.39, 0.29) is 29.1 Å². The molecule has 0 radical (unpaired) electrons. The number of rotatable bonds is 7. The van der Waals surface area contributed by atoms with Crippen LogP contribution in [-0.2, 0) is 20.9 Å². The summed E-state index contributed by atoms with van der Waals surface area (Å²) >= 11 is 0. The fourth-order valence-electron chi connectivity index (χ4n) is 4.40. The molecular formula is C24H26N4O6.